The van der Waals surface area contributed by atoms with Gasteiger partial charge in [0.25, 0.3) is 0 Å². The van der Waals surface area contributed by atoms with Gasteiger partial charge in [0.2, 0.25) is 0 Å². The summed E-state index contributed by atoms with van der Waals surface area (Å²) in [6.07, 6.45) is 2.70. The average molecular weight is 240 g/mol. The molecule has 0 radical (unpaired) electrons. The van der Waals surface area contributed by atoms with Gasteiger partial charge in [-0.25, -0.2) is 23.1 Å². The van der Waals surface area contributed by atoms with Crippen LogP contribution in [0.3, 0.4) is 0 Å². The molecule has 0 fully saturated rings. The smallest absolute Gasteiger partial charge is 0.194 e. The zero-order valence-corrected chi connectivity index (χ0v) is 8.75. The summed E-state index contributed by atoms with van der Waals surface area (Å²) in [5, 5.41) is 0. The zero-order chi connectivity index (χ0) is 12.4. The minimum atomic E-state index is -1.51. The fourth-order valence-electron chi connectivity index (χ4n) is 1.26. The van der Waals surface area contributed by atoms with Gasteiger partial charge in [-0.1, -0.05) is 0 Å². The van der Waals surface area contributed by atoms with E-state index in [2.05, 4.69) is 9.97 Å². The molecular formula is C11H7F3N2O. The van der Waals surface area contributed by atoms with Crippen LogP contribution in [0.1, 0.15) is 0 Å². The number of hydrogen-bond donors (Lipinski definition) is 0. The Bertz CT molecular complexity index is 520. The highest BCUT2D eigenvalue weighted by Crippen LogP contribution is 2.21. The standard InChI is InChI=1S/C11H7F3N2O/c1-17-7-4-15-11(16-5-7)6-2-8(12)10(14)9(13)3-6/h2-5H,1H3. The second-order valence-corrected chi connectivity index (χ2v) is 3.20. The average Bonchev–Trinajstić information content (AvgIpc) is 2.35. The second-order valence-electron chi connectivity index (χ2n) is 3.20. The first kappa shape index (κ1) is 11.4. The van der Waals surface area contributed by atoms with Gasteiger partial charge in [-0.2, -0.15) is 0 Å². The first-order valence-electron chi connectivity index (χ1n) is 4.62. The lowest BCUT2D eigenvalue weighted by Crippen LogP contribution is -1.95. The largest absolute Gasteiger partial charge is 0.494 e. The molecule has 1 aromatic carbocycles. The first-order valence-corrected chi connectivity index (χ1v) is 4.62. The van der Waals surface area contributed by atoms with Crippen LogP contribution in [0.4, 0.5) is 13.2 Å². The molecule has 0 amide bonds. The molecule has 0 spiro atoms. The third-order valence-electron chi connectivity index (χ3n) is 2.11. The van der Waals surface area contributed by atoms with Crippen LogP contribution in [0.15, 0.2) is 24.5 Å². The second kappa shape index (κ2) is 4.40. The maximum absolute atomic E-state index is 13.0. The van der Waals surface area contributed by atoms with Gasteiger partial charge < -0.3 is 4.74 Å². The van der Waals surface area contributed by atoms with E-state index in [-0.39, 0.29) is 11.4 Å². The Morgan fingerprint density at radius 2 is 1.53 bits per heavy atom. The Kier molecular flexibility index (Phi) is 2.95. The van der Waals surface area contributed by atoms with E-state index in [4.69, 9.17) is 4.74 Å². The molecule has 2 aromatic rings. The molecule has 1 aromatic heterocycles. The third-order valence-corrected chi connectivity index (χ3v) is 2.11. The molecule has 0 saturated heterocycles. The molecule has 2 rings (SSSR count). The molecule has 17 heavy (non-hydrogen) atoms. The maximum Gasteiger partial charge on any atom is 0.194 e. The van der Waals surface area contributed by atoms with Crippen LogP contribution in [0.2, 0.25) is 0 Å². The van der Waals surface area contributed by atoms with Crippen LogP contribution < -0.4 is 4.74 Å². The van der Waals surface area contributed by atoms with Crippen LogP contribution in [-0.2, 0) is 0 Å². The summed E-state index contributed by atoms with van der Waals surface area (Å²) in [4.78, 5) is 7.68. The van der Waals surface area contributed by atoms with Crippen molar-refractivity contribution in [3.63, 3.8) is 0 Å². The van der Waals surface area contributed by atoms with Gasteiger partial charge in [0, 0.05) is 5.56 Å². The van der Waals surface area contributed by atoms with Crippen molar-refractivity contribution in [3.05, 3.63) is 42.0 Å². The monoisotopic (exact) mass is 240 g/mol. The van der Waals surface area contributed by atoms with Gasteiger partial charge >= 0.3 is 0 Å². The highest BCUT2D eigenvalue weighted by molar-refractivity contribution is 5.55. The van der Waals surface area contributed by atoms with E-state index >= 15 is 0 Å². The van der Waals surface area contributed by atoms with E-state index in [1.54, 1.807) is 0 Å². The quantitative estimate of drug-likeness (QED) is 0.757. The van der Waals surface area contributed by atoms with E-state index in [9.17, 15) is 13.2 Å². The zero-order valence-electron chi connectivity index (χ0n) is 8.75. The Morgan fingerprint density at radius 3 is 2.00 bits per heavy atom. The predicted molar refractivity (Wildman–Crippen MR) is 53.9 cm³/mol. The van der Waals surface area contributed by atoms with Crippen molar-refractivity contribution in [3.8, 4) is 17.1 Å². The number of benzene rings is 1. The summed E-state index contributed by atoms with van der Waals surface area (Å²) < 4.78 is 43.5. The van der Waals surface area contributed by atoms with Gasteiger partial charge in [0.05, 0.1) is 19.5 Å². The summed E-state index contributed by atoms with van der Waals surface area (Å²) in [5.74, 6) is -3.57. The molecule has 3 nitrogen and oxygen atoms in total. The van der Waals surface area contributed by atoms with Crippen molar-refractivity contribution in [2.45, 2.75) is 0 Å². The Hall–Kier alpha value is -2.11. The molecule has 0 N–H and O–H groups in total. The molecule has 1 heterocycles. The summed E-state index contributed by atoms with van der Waals surface area (Å²) in [5.41, 5.74) is 0.0593. The maximum atomic E-state index is 13.0. The van der Waals surface area contributed by atoms with Crippen LogP contribution in [-0.4, -0.2) is 17.1 Å². The number of halogens is 3. The van der Waals surface area contributed by atoms with Gasteiger partial charge in [-0.3, -0.25) is 0 Å². The Balaban J connectivity index is 2.45. The fraction of sp³-hybridized carbons (Fsp3) is 0.0909. The number of nitrogens with zero attached hydrogens (tertiary/aromatic N) is 2. The van der Waals surface area contributed by atoms with Crippen LogP contribution in [0.25, 0.3) is 11.4 Å². The van der Waals surface area contributed by atoms with Crippen molar-refractivity contribution in [1.82, 2.24) is 9.97 Å². The van der Waals surface area contributed by atoms with Crippen molar-refractivity contribution >= 4 is 0 Å². The molecule has 0 saturated carbocycles. The highest BCUT2D eigenvalue weighted by atomic mass is 19.2. The normalized spacial score (nSPS) is 10.4. The van der Waals surface area contributed by atoms with E-state index in [0.717, 1.165) is 12.1 Å². The van der Waals surface area contributed by atoms with Crippen LogP contribution >= 0.6 is 0 Å². The molecule has 0 aliphatic heterocycles. The Morgan fingerprint density at radius 1 is 1.00 bits per heavy atom. The molecule has 0 bridgehead atoms. The number of aromatic nitrogens is 2. The molecular weight excluding hydrogens is 233 g/mol. The number of hydrogen-bond acceptors (Lipinski definition) is 3. The molecule has 0 atom stereocenters. The Labute approximate surface area is 94.9 Å². The van der Waals surface area contributed by atoms with Crippen LogP contribution in [0, 0.1) is 17.5 Å². The van der Waals surface area contributed by atoms with Gasteiger partial charge in [-0.05, 0) is 12.1 Å². The SMILES string of the molecule is COc1cnc(-c2cc(F)c(F)c(F)c2)nc1. The minimum Gasteiger partial charge on any atom is -0.494 e. The molecule has 6 heteroatoms. The predicted octanol–water partition coefficient (Wildman–Crippen LogP) is 2.57. The topological polar surface area (TPSA) is 35.0 Å². The van der Waals surface area contributed by atoms with Gasteiger partial charge in [-0.15, -0.1) is 0 Å². The van der Waals surface area contributed by atoms with Crippen molar-refractivity contribution in [1.29, 1.82) is 0 Å². The highest BCUT2D eigenvalue weighted by Gasteiger charge is 2.12. The minimum absolute atomic E-state index is 0.0593. The first-order chi connectivity index (χ1) is 8.11. The lowest BCUT2D eigenvalue weighted by Gasteiger charge is -2.03. The molecule has 0 aliphatic rings. The van der Waals surface area contributed by atoms with Crippen molar-refractivity contribution in [2.24, 2.45) is 0 Å². The van der Waals surface area contributed by atoms with Crippen molar-refractivity contribution < 1.29 is 17.9 Å². The molecule has 0 aliphatic carbocycles. The third kappa shape index (κ3) is 2.20. The number of ether oxygens (including phenoxy) is 1. The van der Waals surface area contributed by atoms with Gasteiger partial charge in [0.1, 0.15) is 0 Å². The summed E-state index contributed by atoms with van der Waals surface area (Å²) in [6.45, 7) is 0. The van der Waals surface area contributed by atoms with E-state index in [1.807, 2.05) is 0 Å². The van der Waals surface area contributed by atoms with Gasteiger partial charge in [0.15, 0.2) is 29.0 Å². The lowest BCUT2D eigenvalue weighted by molar-refractivity contribution is 0.411. The van der Waals surface area contributed by atoms with E-state index in [0.29, 0.717) is 5.75 Å². The lowest BCUT2D eigenvalue weighted by atomic mass is 10.2. The number of methoxy groups -OCH3 is 1. The summed E-state index contributed by atoms with van der Waals surface area (Å²) >= 11 is 0. The number of rotatable bonds is 2. The van der Waals surface area contributed by atoms with Crippen LogP contribution in [0.5, 0.6) is 5.75 Å². The molecule has 0 unspecified atom stereocenters. The van der Waals surface area contributed by atoms with E-state index < -0.39 is 17.5 Å². The molecule has 88 valence electrons. The van der Waals surface area contributed by atoms with Crippen molar-refractivity contribution in [2.75, 3.05) is 7.11 Å². The summed E-state index contributed by atoms with van der Waals surface area (Å²) in [6, 6.07) is 1.67. The summed E-state index contributed by atoms with van der Waals surface area (Å²) in [7, 11) is 1.44. The fourth-order valence-corrected chi connectivity index (χ4v) is 1.26. The van der Waals surface area contributed by atoms with E-state index in [1.165, 1.54) is 19.5 Å².